The number of nitrogens with zero attached hydrogens (tertiary/aromatic N) is 5. The third kappa shape index (κ3) is 4.67. The zero-order valence-electron chi connectivity index (χ0n) is 18.0. The highest BCUT2D eigenvalue weighted by molar-refractivity contribution is 7.99. The number of anilines is 1. The van der Waals surface area contributed by atoms with Gasteiger partial charge in [0, 0.05) is 5.56 Å². The lowest BCUT2D eigenvalue weighted by Crippen LogP contribution is -2.14. The maximum atomic E-state index is 12.5. The lowest BCUT2D eigenvalue weighted by atomic mass is 10.1. The smallest absolute Gasteiger partial charge is 0.236 e. The molecule has 0 saturated carbocycles. The summed E-state index contributed by atoms with van der Waals surface area (Å²) in [5.74, 6) is 0.831. The molecule has 10 heteroatoms. The van der Waals surface area contributed by atoms with E-state index in [1.54, 1.807) is 4.52 Å². The highest BCUT2D eigenvalue weighted by atomic mass is 32.2. The first kappa shape index (κ1) is 21.4. The van der Waals surface area contributed by atoms with Crippen molar-refractivity contribution in [1.29, 1.82) is 0 Å². The summed E-state index contributed by atoms with van der Waals surface area (Å²) >= 11 is 2.74. The molecule has 0 unspecified atom stereocenters. The van der Waals surface area contributed by atoms with Gasteiger partial charge in [0.25, 0.3) is 0 Å². The second kappa shape index (κ2) is 9.16. The molecule has 0 radical (unpaired) electrons. The number of nitrogens with one attached hydrogen (secondary N) is 1. The molecule has 2 aromatic carbocycles. The Morgan fingerprint density at radius 2 is 1.97 bits per heavy atom. The summed E-state index contributed by atoms with van der Waals surface area (Å²) in [6.45, 7) is 4.61. The third-order valence-corrected chi connectivity index (χ3v) is 6.67. The second-order valence-corrected chi connectivity index (χ2v) is 9.23. The van der Waals surface area contributed by atoms with E-state index in [1.165, 1.54) is 23.1 Å². The van der Waals surface area contributed by atoms with Gasteiger partial charge in [-0.3, -0.25) is 4.79 Å². The van der Waals surface area contributed by atoms with Crippen LogP contribution in [-0.2, 0) is 4.79 Å². The Bertz CT molecular complexity index is 1440. The van der Waals surface area contributed by atoms with Gasteiger partial charge in [-0.15, -0.1) is 10.2 Å². The quantitative estimate of drug-likeness (QED) is 0.336. The molecule has 166 valence electrons. The monoisotopic (exact) mass is 476 g/mol. The van der Waals surface area contributed by atoms with Crippen molar-refractivity contribution < 1.29 is 9.53 Å². The first-order valence-corrected chi connectivity index (χ1v) is 12.1. The Kier molecular flexibility index (Phi) is 5.93. The minimum atomic E-state index is -0.157. The largest absolute Gasteiger partial charge is 0.494 e. The summed E-state index contributed by atoms with van der Waals surface area (Å²) in [6, 6.07) is 17.5. The van der Waals surface area contributed by atoms with E-state index in [0.29, 0.717) is 22.5 Å². The number of aryl methyl sites for hydroxylation is 1. The van der Waals surface area contributed by atoms with Gasteiger partial charge in [0.05, 0.1) is 28.3 Å². The zero-order valence-corrected chi connectivity index (χ0v) is 19.6. The zero-order chi connectivity index (χ0) is 22.8. The van der Waals surface area contributed by atoms with Crippen LogP contribution in [-0.4, -0.2) is 43.1 Å². The molecule has 1 amide bonds. The maximum Gasteiger partial charge on any atom is 0.236 e. The lowest BCUT2D eigenvalue weighted by molar-refractivity contribution is -0.113. The molecule has 0 spiro atoms. The molecule has 0 fully saturated rings. The number of hydrogen-bond acceptors (Lipinski definition) is 8. The molecule has 0 aliphatic rings. The van der Waals surface area contributed by atoms with Gasteiger partial charge in [-0.1, -0.05) is 29.2 Å². The van der Waals surface area contributed by atoms with E-state index in [9.17, 15) is 4.79 Å². The molecule has 0 atom stereocenters. The van der Waals surface area contributed by atoms with Gasteiger partial charge in [-0.25, -0.2) is 4.98 Å². The molecule has 0 saturated heterocycles. The molecule has 5 aromatic rings. The Morgan fingerprint density at radius 3 is 2.79 bits per heavy atom. The van der Waals surface area contributed by atoms with Gasteiger partial charge in [0.1, 0.15) is 5.75 Å². The van der Waals surface area contributed by atoms with E-state index in [2.05, 4.69) is 31.7 Å². The minimum absolute atomic E-state index is 0.157. The van der Waals surface area contributed by atoms with Crippen LogP contribution in [0.4, 0.5) is 5.13 Å². The van der Waals surface area contributed by atoms with E-state index >= 15 is 0 Å². The number of thioether (sulfide) groups is 1. The molecule has 0 bridgehead atoms. The third-order valence-electron chi connectivity index (χ3n) is 4.82. The van der Waals surface area contributed by atoms with E-state index in [4.69, 9.17) is 4.74 Å². The van der Waals surface area contributed by atoms with Crippen molar-refractivity contribution >= 4 is 50.0 Å². The van der Waals surface area contributed by atoms with Crippen LogP contribution in [0.2, 0.25) is 0 Å². The molecule has 8 nitrogen and oxygen atoms in total. The standard InChI is InChI=1S/C23H20N6O2S2/c1-3-31-16-7-5-15(6-8-16)17-10-11-20-26-27-23(29(20)28-17)32-13-21(30)25-22-24-18-9-4-14(2)12-19(18)33-22/h4-12H,3,13H2,1-2H3,(H,24,25,30). The van der Waals surface area contributed by atoms with Gasteiger partial charge in [-0.2, -0.15) is 9.61 Å². The average molecular weight is 477 g/mol. The first-order valence-electron chi connectivity index (χ1n) is 10.3. The molecule has 3 aromatic heterocycles. The van der Waals surface area contributed by atoms with Crippen LogP contribution in [0.5, 0.6) is 5.75 Å². The molecule has 3 heterocycles. The highest BCUT2D eigenvalue weighted by Crippen LogP contribution is 2.27. The fourth-order valence-electron chi connectivity index (χ4n) is 3.27. The van der Waals surface area contributed by atoms with Gasteiger partial charge in [0.15, 0.2) is 10.8 Å². The van der Waals surface area contributed by atoms with Crippen LogP contribution in [0.25, 0.3) is 27.1 Å². The van der Waals surface area contributed by atoms with Crippen LogP contribution in [0.3, 0.4) is 0 Å². The van der Waals surface area contributed by atoms with Crippen molar-refractivity contribution in [1.82, 2.24) is 24.8 Å². The van der Waals surface area contributed by atoms with Crippen LogP contribution in [0.1, 0.15) is 12.5 Å². The normalized spacial score (nSPS) is 11.2. The molecular weight excluding hydrogens is 456 g/mol. The number of carbonyl (C=O) groups excluding carboxylic acids is 1. The maximum absolute atomic E-state index is 12.5. The Balaban J connectivity index is 1.29. The second-order valence-electron chi connectivity index (χ2n) is 7.26. The molecular formula is C23H20N6O2S2. The van der Waals surface area contributed by atoms with Gasteiger partial charge in [0.2, 0.25) is 11.1 Å². The topological polar surface area (TPSA) is 94.3 Å². The number of ether oxygens (including phenoxy) is 1. The Labute approximate surface area is 198 Å². The summed E-state index contributed by atoms with van der Waals surface area (Å²) in [5, 5.41) is 17.0. The van der Waals surface area contributed by atoms with Gasteiger partial charge >= 0.3 is 0 Å². The molecule has 33 heavy (non-hydrogen) atoms. The van der Waals surface area contributed by atoms with Crippen LogP contribution in [0.15, 0.2) is 59.8 Å². The predicted octanol–water partition coefficient (Wildman–Crippen LogP) is 4.84. The number of hydrogen-bond donors (Lipinski definition) is 1. The summed E-state index contributed by atoms with van der Waals surface area (Å²) < 4.78 is 8.21. The van der Waals surface area contributed by atoms with Crippen molar-refractivity contribution in [2.24, 2.45) is 0 Å². The number of thiazole rings is 1. The summed E-state index contributed by atoms with van der Waals surface area (Å²) in [5.41, 5.74) is 4.39. The van der Waals surface area contributed by atoms with Crippen molar-refractivity contribution in [2.75, 3.05) is 17.7 Å². The van der Waals surface area contributed by atoms with E-state index in [-0.39, 0.29) is 11.7 Å². The Morgan fingerprint density at radius 1 is 1.12 bits per heavy atom. The predicted molar refractivity (Wildman–Crippen MR) is 131 cm³/mol. The van der Waals surface area contributed by atoms with Crippen LogP contribution < -0.4 is 10.1 Å². The van der Waals surface area contributed by atoms with E-state index in [0.717, 1.165) is 32.8 Å². The van der Waals surface area contributed by atoms with Gasteiger partial charge < -0.3 is 10.1 Å². The number of carbonyl (C=O) groups is 1. The van der Waals surface area contributed by atoms with Crippen molar-refractivity contribution in [3.05, 3.63) is 60.2 Å². The number of benzene rings is 2. The SMILES string of the molecule is CCOc1ccc(-c2ccc3nnc(SCC(=O)Nc4nc5ccc(C)cc5s4)n3n2)cc1. The van der Waals surface area contributed by atoms with E-state index < -0.39 is 0 Å². The minimum Gasteiger partial charge on any atom is -0.494 e. The Hall–Kier alpha value is -3.50. The molecule has 1 N–H and O–H groups in total. The summed E-state index contributed by atoms with van der Waals surface area (Å²) in [7, 11) is 0. The fraction of sp³-hybridized carbons (Fsp3) is 0.174. The molecule has 5 rings (SSSR count). The van der Waals surface area contributed by atoms with Gasteiger partial charge in [-0.05, 0) is 67.9 Å². The highest BCUT2D eigenvalue weighted by Gasteiger charge is 2.13. The number of aromatic nitrogens is 5. The fourth-order valence-corrected chi connectivity index (χ4v) is 4.94. The van der Waals surface area contributed by atoms with Crippen molar-refractivity contribution in [3.63, 3.8) is 0 Å². The first-order chi connectivity index (χ1) is 16.1. The lowest BCUT2D eigenvalue weighted by Gasteiger charge is -2.05. The van der Waals surface area contributed by atoms with Crippen molar-refractivity contribution in [2.45, 2.75) is 19.0 Å². The van der Waals surface area contributed by atoms with Crippen molar-refractivity contribution in [3.8, 4) is 17.0 Å². The number of fused-ring (bicyclic) bond motifs is 2. The number of rotatable bonds is 7. The average Bonchev–Trinajstić information content (AvgIpc) is 3.41. The van der Waals surface area contributed by atoms with Crippen LogP contribution >= 0.6 is 23.1 Å². The van der Waals surface area contributed by atoms with Crippen LogP contribution in [0, 0.1) is 6.92 Å². The summed E-state index contributed by atoms with van der Waals surface area (Å²) in [6.07, 6.45) is 0. The molecule has 0 aliphatic heterocycles. The number of amides is 1. The molecule has 0 aliphatic carbocycles. The summed E-state index contributed by atoms with van der Waals surface area (Å²) in [4.78, 5) is 17.0. The van der Waals surface area contributed by atoms with E-state index in [1.807, 2.05) is 62.4 Å².